The summed E-state index contributed by atoms with van der Waals surface area (Å²) in [7, 11) is 3.42. The number of fused-ring (bicyclic) bond motifs is 3. The van der Waals surface area contributed by atoms with Crippen LogP contribution in [0.3, 0.4) is 0 Å². The zero-order valence-electron chi connectivity index (χ0n) is 21.9. The maximum Gasteiger partial charge on any atom is 0.228 e. The lowest BCUT2D eigenvalue weighted by atomic mass is 9.98. The summed E-state index contributed by atoms with van der Waals surface area (Å²) in [5.41, 5.74) is 1.78. The third-order valence-corrected chi connectivity index (χ3v) is 6.13. The van der Waals surface area contributed by atoms with Crippen molar-refractivity contribution in [2.75, 3.05) is 22.6 Å². The number of Topliss-reactive ketones (excluding diaryl/α,β-unsaturated/α-hetero) is 1. The summed E-state index contributed by atoms with van der Waals surface area (Å²) in [6.45, 7) is -0.590. The first kappa shape index (κ1) is 18.5. The molecule has 4 heterocycles. The third-order valence-electron chi connectivity index (χ3n) is 6.13. The van der Waals surface area contributed by atoms with Crippen LogP contribution in [0, 0.1) is 11.7 Å². The molecule has 1 amide bonds. The molecule has 1 atom stereocenters. The summed E-state index contributed by atoms with van der Waals surface area (Å²) in [5.74, 6) is -1.09. The maximum absolute atomic E-state index is 15.1. The Balaban J connectivity index is 1.59. The van der Waals surface area contributed by atoms with Crippen LogP contribution < -0.4 is 15.5 Å². The average Bonchev–Trinajstić information content (AvgIpc) is 3.59. The normalized spacial score (nSPS) is 18.3. The molecule has 1 aliphatic heterocycles. The van der Waals surface area contributed by atoms with E-state index in [-0.39, 0.29) is 46.3 Å². The van der Waals surface area contributed by atoms with Crippen molar-refractivity contribution in [3.8, 4) is 11.3 Å². The van der Waals surface area contributed by atoms with Crippen LogP contribution in [-0.4, -0.2) is 43.7 Å². The number of carbonyl (C=O) groups is 2. The number of carbonyl (C=O) groups excluding carboxylic acids is 2. The first-order valence-electron chi connectivity index (χ1n) is 12.4. The summed E-state index contributed by atoms with van der Waals surface area (Å²) < 4.78 is 37.6. The van der Waals surface area contributed by atoms with Gasteiger partial charge in [0.25, 0.3) is 0 Å². The highest BCUT2D eigenvalue weighted by molar-refractivity contribution is 6.03. The molecule has 3 aromatic rings. The number of nitrogens with zero attached hydrogens (tertiary/aromatic N) is 6. The fraction of sp³-hybridized carbons (Fsp3) is 0.391. The van der Waals surface area contributed by atoms with E-state index in [1.807, 2.05) is 6.92 Å². The smallest absolute Gasteiger partial charge is 0.228 e. The van der Waals surface area contributed by atoms with Gasteiger partial charge in [-0.15, -0.1) is 0 Å². The van der Waals surface area contributed by atoms with Crippen LogP contribution in [0.4, 0.5) is 27.4 Å². The Bertz CT molecular complexity index is 1420. The van der Waals surface area contributed by atoms with Gasteiger partial charge in [-0.3, -0.25) is 9.59 Å². The van der Waals surface area contributed by atoms with Crippen LogP contribution in [0.1, 0.15) is 59.2 Å². The highest BCUT2D eigenvalue weighted by Gasteiger charge is 2.35. The molecule has 1 fully saturated rings. The summed E-state index contributed by atoms with van der Waals surface area (Å²) in [4.78, 5) is 36.8. The van der Waals surface area contributed by atoms with Crippen LogP contribution >= 0.6 is 0 Å². The van der Waals surface area contributed by atoms with Crippen molar-refractivity contribution in [1.82, 2.24) is 25.0 Å². The predicted molar refractivity (Wildman–Crippen MR) is 125 cm³/mol. The molecule has 0 spiro atoms. The van der Waals surface area contributed by atoms with Crippen LogP contribution in [0.15, 0.2) is 18.5 Å². The molecule has 0 bridgehead atoms. The fourth-order valence-corrected chi connectivity index (χ4v) is 4.04. The second-order valence-electron chi connectivity index (χ2n) is 8.49. The van der Waals surface area contributed by atoms with Crippen molar-refractivity contribution in [2.24, 2.45) is 13.0 Å². The van der Waals surface area contributed by atoms with Crippen LogP contribution in [0.25, 0.3) is 11.3 Å². The molecule has 2 aliphatic rings. The predicted octanol–water partition coefficient (Wildman–Crippen LogP) is 3.61. The Morgan fingerprint density at radius 3 is 2.76 bits per heavy atom. The van der Waals surface area contributed by atoms with Gasteiger partial charge in [-0.05, 0) is 19.8 Å². The number of hydrogen-bond acceptors (Lipinski definition) is 8. The second-order valence-corrected chi connectivity index (χ2v) is 8.49. The second kappa shape index (κ2) is 8.15. The van der Waals surface area contributed by atoms with E-state index in [1.54, 1.807) is 19.0 Å². The van der Waals surface area contributed by atoms with Gasteiger partial charge in [0.05, 0.1) is 34.7 Å². The molecule has 5 rings (SSSR count). The molecule has 1 saturated carbocycles. The topological polar surface area (TPSA) is 118 Å². The Kier molecular flexibility index (Phi) is 4.44. The van der Waals surface area contributed by atoms with Crippen molar-refractivity contribution < 1.29 is 18.1 Å². The average molecular weight is 468 g/mol. The summed E-state index contributed by atoms with van der Waals surface area (Å²) in [6, 6.07) is 1.19. The van der Waals surface area contributed by atoms with Crippen LogP contribution in [0.2, 0.25) is 0 Å². The monoisotopic (exact) mass is 467 g/mol. The standard InChI is InChI=1S/C23H25FN8O2/c1-5-16(33)13-9-25-17(28-23(34)12-6-7-12)8-15(13)27-22-21-18(14(24)10-26-22)20-19(11(2)31(21)3)29-32(4)30-20/h8-12H,5-7H2,1-4H3,(H2,25,26,27,28,34)/t11-/m1/s1/i1D3. The Labute approximate surface area is 199 Å². The zero-order chi connectivity index (χ0) is 26.6. The molecule has 34 heavy (non-hydrogen) atoms. The zero-order valence-corrected chi connectivity index (χ0v) is 18.9. The molecule has 0 radical (unpaired) electrons. The van der Waals surface area contributed by atoms with Crippen molar-refractivity contribution in [1.29, 1.82) is 0 Å². The van der Waals surface area contributed by atoms with Crippen LogP contribution in [0.5, 0.6) is 0 Å². The minimum Gasteiger partial charge on any atom is -0.362 e. The lowest BCUT2D eigenvalue weighted by Gasteiger charge is -2.33. The summed E-state index contributed by atoms with van der Waals surface area (Å²) in [6.07, 6.45) is 3.16. The molecular formula is C23H25FN8O2. The van der Waals surface area contributed by atoms with E-state index in [4.69, 9.17) is 4.11 Å². The van der Waals surface area contributed by atoms with Gasteiger partial charge in [-0.2, -0.15) is 15.0 Å². The van der Waals surface area contributed by atoms with E-state index in [0.29, 0.717) is 17.1 Å². The molecule has 3 aromatic heterocycles. The number of rotatable bonds is 6. The maximum atomic E-state index is 15.1. The molecule has 0 unspecified atom stereocenters. The van der Waals surface area contributed by atoms with Gasteiger partial charge in [-0.1, -0.05) is 6.85 Å². The van der Waals surface area contributed by atoms with Gasteiger partial charge in [0.2, 0.25) is 5.91 Å². The molecule has 0 aromatic carbocycles. The molecule has 2 N–H and O–H groups in total. The highest BCUT2D eigenvalue weighted by atomic mass is 19.1. The van der Waals surface area contributed by atoms with Crippen molar-refractivity contribution in [2.45, 2.75) is 39.1 Å². The number of ketones is 1. The van der Waals surface area contributed by atoms with Crippen molar-refractivity contribution >= 4 is 34.7 Å². The van der Waals surface area contributed by atoms with Crippen molar-refractivity contribution in [3.63, 3.8) is 0 Å². The Hall–Kier alpha value is -3.89. The Morgan fingerprint density at radius 1 is 1.24 bits per heavy atom. The fourth-order valence-electron chi connectivity index (χ4n) is 4.04. The first-order valence-corrected chi connectivity index (χ1v) is 10.9. The van der Waals surface area contributed by atoms with Crippen molar-refractivity contribution in [3.05, 3.63) is 35.5 Å². The number of nitrogens with one attached hydrogen (secondary N) is 2. The first-order chi connectivity index (χ1) is 17.4. The van der Waals surface area contributed by atoms with E-state index >= 15 is 4.39 Å². The number of aromatic nitrogens is 5. The number of halogens is 1. The summed E-state index contributed by atoms with van der Waals surface area (Å²) in [5, 5.41) is 14.5. The van der Waals surface area contributed by atoms with E-state index in [9.17, 15) is 9.59 Å². The molecule has 176 valence electrons. The van der Waals surface area contributed by atoms with E-state index in [0.717, 1.165) is 19.0 Å². The number of anilines is 4. The Morgan fingerprint density at radius 2 is 2.03 bits per heavy atom. The highest BCUT2D eigenvalue weighted by Crippen LogP contribution is 2.47. The van der Waals surface area contributed by atoms with Gasteiger partial charge in [0.1, 0.15) is 17.2 Å². The molecule has 10 nitrogen and oxygen atoms in total. The third kappa shape index (κ3) is 3.66. The molecule has 1 aliphatic carbocycles. The van der Waals surface area contributed by atoms with E-state index < -0.39 is 24.9 Å². The molecule has 0 saturated heterocycles. The van der Waals surface area contributed by atoms with E-state index in [1.165, 1.54) is 17.1 Å². The van der Waals surface area contributed by atoms with Gasteiger partial charge in [-0.25, -0.2) is 14.4 Å². The lowest BCUT2D eigenvalue weighted by Crippen LogP contribution is -2.28. The lowest BCUT2D eigenvalue weighted by molar-refractivity contribution is -0.117. The van der Waals surface area contributed by atoms with Gasteiger partial charge < -0.3 is 15.5 Å². The van der Waals surface area contributed by atoms with Gasteiger partial charge in [0.15, 0.2) is 17.4 Å². The quantitative estimate of drug-likeness (QED) is 0.528. The largest absolute Gasteiger partial charge is 0.362 e. The minimum absolute atomic E-state index is 0.00660. The number of amides is 1. The summed E-state index contributed by atoms with van der Waals surface area (Å²) >= 11 is 0. The number of aryl methyl sites for hydroxylation is 1. The SMILES string of the molecule is [2H]C([2H])([2H])CC(=O)c1cnc(NC(=O)C2CC2)cc1Nc1ncc(F)c2c1N(C)[C@H](C)c1nn(C)nc1-2. The number of pyridine rings is 2. The number of hydrogen-bond donors (Lipinski definition) is 2. The molecule has 11 heteroatoms. The minimum atomic E-state index is -2.49. The van der Waals surface area contributed by atoms with Gasteiger partial charge in [0, 0.05) is 42.8 Å². The van der Waals surface area contributed by atoms with Crippen LogP contribution in [-0.2, 0) is 11.8 Å². The van der Waals surface area contributed by atoms with Gasteiger partial charge >= 0.3 is 0 Å². The van der Waals surface area contributed by atoms with E-state index in [2.05, 4.69) is 30.8 Å². The molecular weight excluding hydrogens is 439 g/mol.